The molecule has 28 heavy (non-hydrogen) atoms. The molecule has 2 amide bonds. The van der Waals surface area contributed by atoms with E-state index in [1.54, 1.807) is 19.0 Å². The lowest BCUT2D eigenvalue weighted by molar-refractivity contribution is 0.153. The van der Waals surface area contributed by atoms with Crippen molar-refractivity contribution in [1.29, 1.82) is 0 Å². The number of fused-ring (bicyclic) bond motifs is 1. The molecule has 0 radical (unpaired) electrons. The first-order valence-corrected chi connectivity index (χ1v) is 9.70. The van der Waals surface area contributed by atoms with Gasteiger partial charge in [-0.15, -0.1) is 0 Å². The zero-order valence-corrected chi connectivity index (χ0v) is 16.4. The molecule has 0 aliphatic carbocycles. The van der Waals surface area contributed by atoms with Crippen LogP contribution >= 0.6 is 0 Å². The van der Waals surface area contributed by atoms with Gasteiger partial charge in [-0.25, -0.2) is 14.3 Å². The summed E-state index contributed by atoms with van der Waals surface area (Å²) in [6.07, 6.45) is 3.96. The molecule has 2 aromatic heterocycles. The summed E-state index contributed by atoms with van der Waals surface area (Å²) >= 11 is 0. The predicted molar refractivity (Wildman–Crippen MR) is 109 cm³/mol. The van der Waals surface area contributed by atoms with E-state index in [1.807, 2.05) is 45.9 Å². The van der Waals surface area contributed by atoms with E-state index in [9.17, 15) is 4.79 Å². The second-order valence-electron chi connectivity index (χ2n) is 7.49. The van der Waals surface area contributed by atoms with Crippen molar-refractivity contribution in [2.75, 3.05) is 32.5 Å². The number of hydrogen-bond acceptors (Lipinski definition) is 4. The Morgan fingerprint density at radius 3 is 2.82 bits per heavy atom. The van der Waals surface area contributed by atoms with Crippen LogP contribution < -0.4 is 5.32 Å². The number of nitrogens with one attached hydrogen (secondary N) is 1. The maximum absolute atomic E-state index is 12.3. The van der Waals surface area contributed by atoms with Gasteiger partial charge in [0.2, 0.25) is 0 Å². The van der Waals surface area contributed by atoms with E-state index in [0.717, 1.165) is 43.1 Å². The lowest BCUT2D eigenvalue weighted by Crippen LogP contribution is -2.44. The summed E-state index contributed by atoms with van der Waals surface area (Å²) in [6.45, 7) is 2.24. The number of benzene rings is 1. The van der Waals surface area contributed by atoms with E-state index in [1.165, 1.54) is 5.56 Å². The molecule has 0 unspecified atom stereocenters. The molecule has 0 bridgehead atoms. The Morgan fingerprint density at radius 2 is 2.04 bits per heavy atom. The molecule has 3 heterocycles. The number of carbonyl (C=O) groups is 1. The number of aromatic nitrogens is 3. The van der Waals surface area contributed by atoms with E-state index in [-0.39, 0.29) is 11.9 Å². The van der Waals surface area contributed by atoms with E-state index < -0.39 is 0 Å². The third-order valence-corrected chi connectivity index (χ3v) is 5.13. The number of hydrogen-bond donors (Lipinski definition) is 1. The third kappa shape index (κ3) is 3.93. The van der Waals surface area contributed by atoms with Crippen LogP contribution in [0, 0.1) is 0 Å². The molecule has 1 atom stereocenters. The number of anilines is 1. The summed E-state index contributed by atoms with van der Waals surface area (Å²) in [6, 6.07) is 14.4. The van der Waals surface area contributed by atoms with Gasteiger partial charge in [0.05, 0.1) is 11.9 Å². The molecule has 0 spiro atoms. The highest BCUT2D eigenvalue weighted by Gasteiger charge is 2.28. The van der Waals surface area contributed by atoms with Crippen LogP contribution in [-0.2, 0) is 6.54 Å². The van der Waals surface area contributed by atoms with Crippen molar-refractivity contribution in [3.8, 4) is 0 Å². The minimum atomic E-state index is 0.0564. The lowest BCUT2D eigenvalue weighted by atomic mass is 9.98. The molecule has 1 aliphatic rings. The summed E-state index contributed by atoms with van der Waals surface area (Å²) in [4.78, 5) is 20.5. The number of pyridine rings is 1. The van der Waals surface area contributed by atoms with Crippen molar-refractivity contribution in [3.05, 3.63) is 60.0 Å². The Kier molecular flexibility index (Phi) is 5.14. The molecule has 0 saturated carbocycles. The van der Waals surface area contributed by atoms with Gasteiger partial charge in [-0.2, -0.15) is 5.10 Å². The third-order valence-electron chi connectivity index (χ3n) is 5.13. The van der Waals surface area contributed by atoms with Crippen LogP contribution in [-0.4, -0.2) is 57.6 Å². The van der Waals surface area contributed by atoms with Gasteiger partial charge >= 0.3 is 6.03 Å². The van der Waals surface area contributed by atoms with Gasteiger partial charge in [0.15, 0.2) is 11.5 Å². The Morgan fingerprint density at radius 1 is 1.21 bits per heavy atom. The van der Waals surface area contributed by atoms with Gasteiger partial charge in [0, 0.05) is 39.6 Å². The molecule has 4 rings (SSSR count). The topological polar surface area (TPSA) is 65.8 Å². The van der Waals surface area contributed by atoms with Crippen LogP contribution in [0.4, 0.5) is 10.5 Å². The molecule has 1 N–H and O–H groups in total. The van der Waals surface area contributed by atoms with Crippen molar-refractivity contribution in [2.45, 2.75) is 25.3 Å². The molecule has 7 heteroatoms. The van der Waals surface area contributed by atoms with Crippen LogP contribution in [0.5, 0.6) is 0 Å². The Labute approximate surface area is 165 Å². The molecular weight excluding hydrogens is 352 g/mol. The van der Waals surface area contributed by atoms with Gasteiger partial charge < -0.3 is 15.1 Å². The van der Waals surface area contributed by atoms with Crippen molar-refractivity contribution < 1.29 is 4.79 Å². The second kappa shape index (κ2) is 7.88. The molecule has 1 saturated heterocycles. The van der Waals surface area contributed by atoms with Crippen molar-refractivity contribution in [1.82, 2.24) is 24.4 Å². The monoisotopic (exact) mass is 378 g/mol. The lowest BCUT2D eigenvalue weighted by Gasteiger charge is -2.33. The number of amides is 2. The molecular formula is C21H26N6O. The molecule has 1 fully saturated rings. The highest BCUT2D eigenvalue weighted by molar-refractivity contribution is 5.74. The zero-order valence-electron chi connectivity index (χ0n) is 16.4. The number of piperidine rings is 1. The van der Waals surface area contributed by atoms with Gasteiger partial charge in [0.1, 0.15) is 0 Å². The number of rotatable bonds is 4. The standard InChI is InChI=1S/C21H26N6O/c1-25(2)21(28)26-12-6-9-17(14-26)20-23-19-11-10-18(15-27(19)24-20)22-13-16-7-4-3-5-8-16/h3-5,7-8,10-11,15,17,22H,6,9,12-14H2,1-2H3/t17-/m0/s1. The van der Waals surface area contributed by atoms with Crippen LogP contribution in [0.15, 0.2) is 48.7 Å². The first-order chi connectivity index (χ1) is 13.6. The molecule has 3 aromatic rings. The molecule has 7 nitrogen and oxygen atoms in total. The minimum Gasteiger partial charge on any atom is -0.380 e. The highest BCUT2D eigenvalue weighted by atomic mass is 16.2. The SMILES string of the molecule is CN(C)C(=O)N1CCC[C@H](c2nc3ccc(NCc4ccccc4)cn3n2)C1. The largest absolute Gasteiger partial charge is 0.380 e. The fourth-order valence-corrected chi connectivity index (χ4v) is 3.62. The summed E-state index contributed by atoms with van der Waals surface area (Å²) in [7, 11) is 3.58. The first kappa shape index (κ1) is 18.3. The van der Waals surface area contributed by atoms with Gasteiger partial charge in [-0.1, -0.05) is 30.3 Å². The summed E-state index contributed by atoms with van der Waals surface area (Å²) in [5, 5.41) is 8.13. The number of urea groups is 1. The van der Waals surface area contributed by atoms with Gasteiger partial charge in [-0.05, 0) is 30.5 Å². The number of carbonyl (C=O) groups excluding carboxylic acids is 1. The quantitative estimate of drug-likeness (QED) is 0.757. The first-order valence-electron chi connectivity index (χ1n) is 9.70. The summed E-state index contributed by atoms with van der Waals surface area (Å²) < 4.78 is 1.83. The normalized spacial score (nSPS) is 16.9. The number of likely N-dealkylation sites (tertiary alicyclic amines) is 1. The van der Waals surface area contributed by atoms with E-state index in [4.69, 9.17) is 10.1 Å². The van der Waals surface area contributed by atoms with Crippen molar-refractivity contribution in [3.63, 3.8) is 0 Å². The van der Waals surface area contributed by atoms with E-state index in [0.29, 0.717) is 6.54 Å². The fraction of sp³-hybridized carbons (Fsp3) is 0.381. The second-order valence-corrected chi connectivity index (χ2v) is 7.49. The van der Waals surface area contributed by atoms with Crippen LogP contribution in [0.25, 0.3) is 5.65 Å². The average molecular weight is 378 g/mol. The maximum atomic E-state index is 12.3. The summed E-state index contributed by atoms with van der Waals surface area (Å²) in [5.74, 6) is 0.995. The van der Waals surface area contributed by atoms with Crippen molar-refractivity contribution >= 4 is 17.4 Å². The highest BCUT2D eigenvalue weighted by Crippen LogP contribution is 2.26. The Balaban J connectivity index is 1.47. The molecule has 1 aliphatic heterocycles. The van der Waals surface area contributed by atoms with Crippen LogP contribution in [0.1, 0.15) is 30.1 Å². The van der Waals surface area contributed by atoms with Gasteiger partial charge in [-0.3, -0.25) is 0 Å². The minimum absolute atomic E-state index is 0.0564. The molecule has 1 aromatic carbocycles. The van der Waals surface area contributed by atoms with Crippen LogP contribution in [0.3, 0.4) is 0 Å². The average Bonchev–Trinajstić information content (AvgIpc) is 3.16. The predicted octanol–water partition coefficient (Wildman–Crippen LogP) is 3.20. The van der Waals surface area contributed by atoms with E-state index >= 15 is 0 Å². The van der Waals surface area contributed by atoms with Crippen LogP contribution in [0.2, 0.25) is 0 Å². The maximum Gasteiger partial charge on any atom is 0.319 e. The summed E-state index contributed by atoms with van der Waals surface area (Å²) in [5.41, 5.74) is 3.06. The number of nitrogens with zero attached hydrogens (tertiary/aromatic N) is 5. The smallest absolute Gasteiger partial charge is 0.319 e. The fourth-order valence-electron chi connectivity index (χ4n) is 3.62. The van der Waals surface area contributed by atoms with Gasteiger partial charge in [0.25, 0.3) is 0 Å². The molecule has 146 valence electrons. The van der Waals surface area contributed by atoms with E-state index in [2.05, 4.69) is 17.4 Å². The van der Waals surface area contributed by atoms with Crippen molar-refractivity contribution in [2.24, 2.45) is 0 Å². The zero-order chi connectivity index (χ0) is 19.5. The Hall–Kier alpha value is -3.09. The Bertz CT molecular complexity index is 952.